The minimum atomic E-state index is 0.597. The molecule has 1 heterocycles. The zero-order chi connectivity index (χ0) is 15.5. The Morgan fingerprint density at radius 1 is 0.955 bits per heavy atom. The molecule has 1 nitrogen and oxygen atoms in total. The van der Waals surface area contributed by atoms with Gasteiger partial charge in [0.15, 0.2) is 0 Å². The summed E-state index contributed by atoms with van der Waals surface area (Å²) in [5.41, 5.74) is 7.58. The van der Waals surface area contributed by atoms with Crippen molar-refractivity contribution in [2.45, 2.75) is 27.4 Å². The van der Waals surface area contributed by atoms with Gasteiger partial charge < -0.3 is 4.74 Å². The minimum Gasteiger partial charge on any atom is -0.488 e. The molecule has 0 bridgehead atoms. The van der Waals surface area contributed by atoms with Crippen molar-refractivity contribution in [2.75, 3.05) is 0 Å². The van der Waals surface area contributed by atoms with Gasteiger partial charge in [-0.1, -0.05) is 30.3 Å². The number of hydrogen-bond acceptors (Lipinski definition) is 2. The molecule has 3 aromatic rings. The molecule has 0 amide bonds. The Labute approximate surface area is 136 Å². The summed E-state index contributed by atoms with van der Waals surface area (Å²) in [7, 11) is 0. The molecule has 0 aliphatic carbocycles. The predicted octanol–water partition coefficient (Wildman–Crippen LogP) is 5.92. The molecule has 2 heteroatoms. The van der Waals surface area contributed by atoms with Gasteiger partial charge >= 0.3 is 0 Å². The quantitative estimate of drug-likeness (QED) is 0.581. The lowest BCUT2D eigenvalue weighted by atomic mass is 9.94. The van der Waals surface area contributed by atoms with E-state index >= 15 is 0 Å². The van der Waals surface area contributed by atoms with Crippen molar-refractivity contribution in [3.8, 4) is 16.9 Å². The Hall–Kier alpha value is -2.06. The zero-order valence-corrected chi connectivity index (χ0v) is 14.0. The van der Waals surface area contributed by atoms with Gasteiger partial charge in [0, 0.05) is 5.56 Å². The summed E-state index contributed by atoms with van der Waals surface area (Å²) in [5.74, 6) is 0.975. The van der Waals surface area contributed by atoms with Crippen molar-refractivity contribution >= 4 is 11.3 Å². The fourth-order valence-electron chi connectivity index (χ4n) is 2.66. The maximum absolute atomic E-state index is 6.17. The van der Waals surface area contributed by atoms with Crippen LogP contribution >= 0.6 is 11.3 Å². The largest absolute Gasteiger partial charge is 0.488 e. The second kappa shape index (κ2) is 6.37. The number of ether oxygens (including phenoxy) is 1. The summed E-state index contributed by atoms with van der Waals surface area (Å²) in [6, 6.07) is 14.6. The maximum atomic E-state index is 6.17. The fourth-order valence-corrected chi connectivity index (χ4v) is 3.31. The molecular formula is C20H20OS. The van der Waals surface area contributed by atoms with E-state index in [4.69, 9.17) is 4.74 Å². The molecule has 0 fully saturated rings. The van der Waals surface area contributed by atoms with E-state index in [1.54, 1.807) is 11.3 Å². The van der Waals surface area contributed by atoms with Gasteiger partial charge in [-0.2, -0.15) is 11.3 Å². The van der Waals surface area contributed by atoms with Crippen molar-refractivity contribution < 1.29 is 4.74 Å². The maximum Gasteiger partial charge on any atom is 0.128 e. The van der Waals surface area contributed by atoms with Crippen LogP contribution in [0.2, 0.25) is 0 Å². The van der Waals surface area contributed by atoms with Crippen molar-refractivity contribution in [2.24, 2.45) is 0 Å². The first-order valence-electron chi connectivity index (χ1n) is 7.47. The highest BCUT2D eigenvalue weighted by Crippen LogP contribution is 2.38. The molecule has 0 spiro atoms. The second-order valence-corrected chi connectivity index (χ2v) is 6.38. The van der Waals surface area contributed by atoms with E-state index in [0.29, 0.717) is 6.61 Å². The molecule has 0 atom stereocenters. The molecule has 112 valence electrons. The highest BCUT2D eigenvalue weighted by Gasteiger charge is 2.14. The van der Waals surface area contributed by atoms with Crippen LogP contribution in [0, 0.1) is 20.8 Å². The smallest absolute Gasteiger partial charge is 0.128 e. The van der Waals surface area contributed by atoms with Crippen molar-refractivity contribution in [3.05, 3.63) is 75.5 Å². The summed E-state index contributed by atoms with van der Waals surface area (Å²) >= 11 is 1.72. The summed E-state index contributed by atoms with van der Waals surface area (Å²) in [6.07, 6.45) is 0. The van der Waals surface area contributed by atoms with Gasteiger partial charge in [-0.05, 0) is 71.5 Å². The van der Waals surface area contributed by atoms with Crippen LogP contribution in [0.1, 0.15) is 22.3 Å². The van der Waals surface area contributed by atoms with Gasteiger partial charge in [-0.25, -0.2) is 0 Å². The molecular weight excluding hydrogens is 288 g/mol. The van der Waals surface area contributed by atoms with Crippen LogP contribution in [-0.2, 0) is 6.61 Å². The number of benzene rings is 2. The van der Waals surface area contributed by atoms with Gasteiger partial charge in [0.2, 0.25) is 0 Å². The van der Waals surface area contributed by atoms with E-state index < -0.39 is 0 Å². The van der Waals surface area contributed by atoms with E-state index in [9.17, 15) is 0 Å². The Kier molecular flexibility index (Phi) is 4.30. The predicted molar refractivity (Wildman–Crippen MR) is 94.7 cm³/mol. The monoisotopic (exact) mass is 308 g/mol. The van der Waals surface area contributed by atoms with E-state index in [2.05, 4.69) is 55.8 Å². The van der Waals surface area contributed by atoms with Crippen LogP contribution in [0.3, 0.4) is 0 Å². The van der Waals surface area contributed by atoms with Gasteiger partial charge in [0.25, 0.3) is 0 Å². The minimum absolute atomic E-state index is 0.597. The summed E-state index contributed by atoms with van der Waals surface area (Å²) < 4.78 is 6.17. The van der Waals surface area contributed by atoms with Crippen molar-refractivity contribution in [3.63, 3.8) is 0 Å². The third-order valence-corrected chi connectivity index (χ3v) is 4.85. The van der Waals surface area contributed by atoms with E-state index in [1.165, 1.54) is 33.4 Å². The number of hydrogen-bond donors (Lipinski definition) is 0. The number of aryl methyl sites for hydroxylation is 1. The lowest BCUT2D eigenvalue weighted by Gasteiger charge is -2.17. The van der Waals surface area contributed by atoms with Crippen molar-refractivity contribution in [1.29, 1.82) is 0 Å². The van der Waals surface area contributed by atoms with Gasteiger partial charge in [0.05, 0.1) is 0 Å². The van der Waals surface area contributed by atoms with E-state index in [1.807, 2.05) is 18.2 Å². The third-order valence-electron chi connectivity index (χ3n) is 4.17. The Balaban J connectivity index is 1.99. The van der Waals surface area contributed by atoms with Gasteiger partial charge in [0.1, 0.15) is 12.4 Å². The first-order chi connectivity index (χ1) is 10.7. The van der Waals surface area contributed by atoms with Crippen molar-refractivity contribution in [1.82, 2.24) is 0 Å². The Bertz CT molecular complexity index is 758. The molecule has 2 aromatic carbocycles. The molecule has 0 N–H and O–H groups in total. The SMILES string of the molecule is Cc1cc(OCc2ccccc2)c(-c2ccsc2)c(C)c1C. The topological polar surface area (TPSA) is 9.23 Å². The second-order valence-electron chi connectivity index (χ2n) is 5.60. The van der Waals surface area contributed by atoms with E-state index in [0.717, 1.165) is 5.75 Å². The molecule has 0 saturated carbocycles. The summed E-state index contributed by atoms with van der Waals surface area (Å²) in [6.45, 7) is 7.11. The van der Waals surface area contributed by atoms with Crippen LogP contribution in [0.15, 0.2) is 53.2 Å². The van der Waals surface area contributed by atoms with Crippen LogP contribution in [0.25, 0.3) is 11.1 Å². The van der Waals surface area contributed by atoms with Gasteiger partial charge in [-0.3, -0.25) is 0 Å². The number of rotatable bonds is 4. The molecule has 22 heavy (non-hydrogen) atoms. The standard InChI is InChI=1S/C20H20OS/c1-14-11-19(21-12-17-7-5-4-6-8-17)20(16(3)15(14)2)18-9-10-22-13-18/h4-11,13H,12H2,1-3H3. The van der Waals surface area contributed by atoms with Crippen LogP contribution in [0.4, 0.5) is 0 Å². The Morgan fingerprint density at radius 3 is 2.41 bits per heavy atom. The summed E-state index contributed by atoms with van der Waals surface area (Å²) in [4.78, 5) is 0. The zero-order valence-electron chi connectivity index (χ0n) is 13.2. The van der Waals surface area contributed by atoms with E-state index in [-0.39, 0.29) is 0 Å². The molecule has 0 unspecified atom stereocenters. The lowest BCUT2D eigenvalue weighted by molar-refractivity contribution is 0.307. The van der Waals surface area contributed by atoms with Crippen LogP contribution in [0.5, 0.6) is 5.75 Å². The molecule has 3 rings (SSSR count). The molecule has 0 aliphatic rings. The molecule has 0 saturated heterocycles. The average Bonchev–Trinajstić information content (AvgIpc) is 3.05. The highest BCUT2D eigenvalue weighted by molar-refractivity contribution is 7.08. The Morgan fingerprint density at radius 2 is 1.73 bits per heavy atom. The first kappa shape index (κ1) is 14.9. The fraction of sp³-hybridized carbons (Fsp3) is 0.200. The molecule has 0 radical (unpaired) electrons. The normalized spacial score (nSPS) is 10.7. The molecule has 1 aromatic heterocycles. The highest BCUT2D eigenvalue weighted by atomic mass is 32.1. The first-order valence-corrected chi connectivity index (χ1v) is 8.41. The molecule has 0 aliphatic heterocycles. The van der Waals surface area contributed by atoms with Crippen LogP contribution < -0.4 is 4.74 Å². The lowest BCUT2D eigenvalue weighted by Crippen LogP contribution is -2.00. The number of thiophene rings is 1. The summed E-state index contributed by atoms with van der Waals surface area (Å²) in [5, 5.41) is 4.30. The third kappa shape index (κ3) is 2.93. The van der Waals surface area contributed by atoms with Gasteiger partial charge in [-0.15, -0.1) is 0 Å². The van der Waals surface area contributed by atoms with Crippen LogP contribution in [-0.4, -0.2) is 0 Å². The average molecular weight is 308 g/mol.